The fraction of sp³-hybridized carbons (Fsp3) is 0.211. The first-order chi connectivity index (χ1) is 22.7. The lowest BCUT2D eigenvalue weighted by Gasteiger charge is -2.28. The zero-order valence-electron chi connectivity index (χ0n) is 28.7. The minimum Gasteiger partial charge on any atom is -0.506 e. The summed E-state index contributed by atoms with van der Waals surface area (Å²) in [7, 11) is -10.1. The van der Waals surface area contributed by atoms with E-state index >= 15 is 0 Å². The van der Waals surface area contributed by atoms with Crippen LogP contribution < -0.4 is 0 Å². The number of hydrogen-bond acceptors (Lipinski definition) is 5. The minimum atomic E-state index is -5.05. The highest BCUT2D eigenvalue weighted by atomic mass is 31.3. The molecule has 5 aromatic carbocycles. The van der Waals surface area contributed by atoms with Gasteiger partial charge in [-0.2, -0.15) is 4.31 Å². The van der Waals surface area contributed by atoms with Gasteiger partial charge in [-0.25, -0.2) is 9.13 Å². The predicted molar refractivity (Wildman–Crippen MR) is 195 cm³/mol. The molecule has 0 atom stereocenters. The van der Waals surface area contributed by atoms with Crippen molar-refractivity contribution in [2.45, 2.75) is 55.4 Å². The Bertz CT molecular complexity index is 1980. The summed E-state index contributed by atoms with van der Waals surface area (Å²) in [6.07, 6.45) is 0. The summed E-state index contributed by atoms with van der Waals surface area (Å²) in [4.78, 5) is 31.0. The highest BCUT2D eigenvalue weighted by molar-refractivity contribution is 7.60. The molecule has 5 aromatic rings. The monoisotopic (exact) mass is 704 g/mol. The first-order valence-corrected chi connectivity index (χ1v) is 18.5. The summed E-state index contributed by atoms with van der Waals surface area (Å²) in [6.45, 7) is 16.7. The zero-order valence-corrected chi connectivity index (χ0v) is 30.5. The van der Waals surface area contributed by atoms with Crippen molar-refractivity contribution in [3.8, 4) is 56.0 Å². The lowest BCUT2D eigenvalue weighted by atomic mass is 9.77. The normalized spacial score (nSPS) is 11.7. The molecule has 6 N–H and O–H groups in total. The van der Waals surface area contributed by atoms with Crippen LogP contribution in [0.2, 0.25) is 0 Å². The summed E-state index contributed by atoms with van der Waals surface area (Å²) in [6, 6.07) is 24.9. The fourth-order valence-corrected chi connectivity index (χ4v) is 7.78. The Morgan fingerprint density at radius 2 is 0.571 bits per heavy atom. The number of benzene rings is 5. The van der Waals surface area contributed by atoms with Crippen LogP contribution in [-0.2, 0) is 13.4 Å². The van der Waals surface area contributed by atoms with E-state index < -0.39 is 15.6 Å². The molecule has 0 spiro atoms. The molecule has 258 valence electrons. The van der Waals surface area contributed by atoms with Crippen molar-refractivity contribution in [1.82, 2.24) is 0 Å². The molecule has 0 unspecified atom stereocenters. The van der Waals surface area contributed by atoms with E-state index in [1.807, 2.05) is 32.0 Å². The topological polar surface area (TPSA) is 165 Å². The van der Waals surface area contributed by atoms with Crippen LogP contribution >= 0.6 is 15.6 Å². The third kappa shape index (κ3) is 8.07. The summed E-state index contributed by atoms with van der Waals surface area (Å²) in [5.41, 5.74) is 15.3. The Labute approximate surface area is 287 Å². The van der Waals surface area contributed by atoms with Gasteiger partial charge < -0.3 is 29.8 Å². The van der Waals surface area contributed by atoms with Gasteiger partial charge >= 0.3 is 15.6 Å². The van der Waals surface area contributed by atoms with Gasteiger partial charge in [-0.3, -0.25) is 0 Å². The quantitative estimate of drug-likeness (QED) is 0.0945. The molecular weight excluding hydrogens is 662 g/mol. The SMILES string of the molecule is Cc1cccc(C)c1-c1c(O)c(-c2c(C)cccc2C)c(-c2c(C)cccc2C)c(-c2c(C)cccc2C)c1O.O=P(O)(O)OP(=O)(O)O. The van der Waals surface area contributed by atoms with E-state index in [0.717, 1.165) is 83.5 Å². The smallest absolute Gasteiger partial charge is 0.478 e. The lowest BCUT2D eigenvalue weighted by Crippen LogP contribution is -2.03. The van der Waals surface area contributed by atoms with Gasteiger partial charge in [-0.15, -0.1) is 0 Å². The molecule has 0 amide bonds. The molecule has 0 aromatic heterocycles. The van der Waals surface area contributed by atoms with Crippen LogP contribution in [0.5, 0.6) is 11.5 Å². The summed E-state index contributed by atoms with van der Waals surface area (Å²) in [5, 5.41) is 24.9. The Kier molecular flexibility index (Phi) is 11.1. The highest BCUT2D eigenvalue weighted by Gasteiger charge is 2.32. The van der Waals surface area contributed by atoms with Crippen molar-refractivity contribution in [2.24, 2.45) is 0 Å². The van der Waals surface area contributed by atoms with Crippen molar-refractivity contribution in [1.29, 1.82) is 0 Å². The third-order valence-corrected chi connectivity index (χ3v) is 10.3. The maximum Gasteiger partial charge on any atom is 0.478 e. The largest absolute Gasteiger partial charge is 0.506 e. The van der Waals surface area contributed by atoms with Gasteiger partial charge in [0.15, 0.2) is 0 Å². The van der Waals surface area contributed by atoms with E-state index in [9.17, 15) is 19.3 Å². The fourth-order valence-electron chi connectivity index (χ4n) is 6.67. The molecule has 0 aliphatic carbocycles. The second-order valence-electron chi connectivity index (χ2n) is 12.3. The molecule has 0 saturated heterocycles. The van der Waals surface area contributed by atoms with Gasteiger partial charge in [0, 0.05) is 16.7 Å². The van der Waals surface area contributed by atoms with Crippen LogP contribution in [0.3, 0.4) is 0 Å². The van der Waals surface area contributed by atoms with E-state index in [0.29, 0.717) is 5.56 Å². The van der Waals surface area contributed by atoms with Gasteiger partial charge in [0.2, 0.25) is 0 Å². The van der Waals surface area contributed by atoms with Crippen LogP contribution in [0.4, 0.5) is 0 Å². The summed E-state index contributed by atoms with van der Waals surface area (Å²) >= 11 is 0. The van der Waals surface area contributed by atoms with Gasteiger partial charge in [0.1, 0.15) is 11.5 Å². The first kappa shape index (κ1) is 37.8. The minimum absolute atomic E-state index is 0.111. The molecule has 0 heterocycles. The van der Waals surface area contributed by atoms with E-state index in [2.05, 4.69) is 100 Å². The van der Waals surface area contributed by atoms with Crippen molar-refractivity contribution in [2.75, 3.05) is 0 Å². The molecule has 0 bridgehead atoms. The molecule has 11 heteroatoms. The first-order valence-electron chi connectivity index (χ1n) is 15.5. The number of aryl methyl sites for hydroxylation is 8. The van der Waals surface area contributed by atoms with Gasteiger partial charge in [0.05, 0.1) is 5.56 Å². The molecule has 0 aliphatic rings. The van der Waals surface area contributed by atoms with E-state index in [4.69, 9.17) is 19.6 Å². The average molecular weight is 705 g/mol. The average Bonchev–Trinajstić information content (AvgIpc) is 2.95. The Morgan fingerprint density at radius 1 is 0.367 bits per heavy atom. The highest BCUT2D eigenvalue weighted by Crippen LogP contribution is 2.58. The number of phenolic OH excluding ortho intramolecular Hbond substituents is 2. The second-order valence-corrected chi connectivity index (χ2v) is 14.9. The van der Waals surface area contributed by atoms with Gasteiger partial charge in [-0.05, 0) is 122 Å². The van der Waals surface area contributed by atoms with Crippen molar-refractivity contribution >= 4 is 15.6 Å². The van der Waals surface area contributed by atoms with Crippen molar-refractivity contribution in [3.05, 3.63) is 117 Å². The maximum atomic E-state index is 12.4. The van der Waals surface area contributed by atoms with Crippen LogP contribution in [0.15, 0.2) is 72.8 Å². The molecule has 0 aliphatic heterocycles. The molecule has 9 nitrogen and oxygen atoms in total. The second kappa shape index (κ2) is 14.4. The number of phenols is 2. The number of phosphoric acid groups is 2. The van der Waals surface area contributed by atoms with Crippen LogP contribution in [0.1, 0.15) is 44.5 Å². The Balaban J connectivity index is 0.000000529. The molecule has 0 saturated carbocycles. The van der Waals surface area contributed by atoms with Crippen LogP contribution in [0.25, 0.3) is 44.5 Å². The van der Waals surface area contributed by atoms with Gasteiger partial charge in [-0.1, -0.05) is 72.8 Å². The predicted octanol–water partition coefficient (Wildman–Crippen LogP) is 9.42. The molecular formula is C38H42O9P2. The third-order valence-electron chi connectivity index (χ3n) is 8.58. The molecule has 0 fully saturated rings. The molecule has 0 radical (unpaired) electrons. The molecule has 49 heavy (non-hydrogen) atoms. The van der Waals surface area contributed by atoms with Crippen LogP contribution in [-0.4, -0.2) is 29.8 Å². The summed E-state index contributed by atoms with van der Waals surface area (Å²) in [5.74, 6) is 0.222. The molecule has 5 rings (SSSR count). The maximum absolute atomic E-state index is 12.4. The van der Waals surface area contributed by atoms with E-state index in [1.165, 1.54) is 0 Å². The number of rotatable bonds is 6. The van der Waals surface area contributed by atoms with Crippen LogP contribution in [0, 0.1) is 55.4 Å². The Hall–Kier alpha value is -4.04. The lowest BCUT2D eigenvalue weighted by molar-refractivity contribution is 0.225. The summed E-state index contributed by atoms with van der Waals surface area (Å²) < 4.78 is 22.2. The van der Waals surface area contributed by atoms with E-state index in [1.54, 1.807) is 0 Å². The number of hydrogen-bond donors (Lipinski definition) is 6. The van der Waals surface area contributed by atoms with E-state index in [-0.39, 0.29) is 11.5 Å². The van der Waals surface area contributed by atoms with Crippen molar-refractivity contribution < 1.29 is 43.2 Å². The van der Waals surface area contributed by atoms with Gasteiger partial charge in [0.25, 0.3) is 0 Å². The standard InChI is InChI=1S/C38H38O2.H4O7P2/c1-21-13-9-14-22(2)29(21)33-34(30-23(3)15-10-16-24(30)4)37(39)36(32-27(7)19-12-20-28(32)8)38(40)35(33)31-25(5)17-11-18-26(31)6;1-8(2,3)7-9(4,5)6/h9-20,39-40H,1-8H3;(H2,1,2,3)(H2,4,5,6). The zero-order chi connectivity index (χ0) is 36.6. The number of aromatic hydroxyl groups is 2. The Morgan fingerprint density at radius 3 is 0.776 bits per heavy atom. The van der Waals surface area contributed by atoms with Crippen molar-refractivity contribution in [3.63, 3.8) is 0 Å².